The average Bonchev–Trinajstić information content (AvgIpc) is 3.04. The minimum absolute atomic E-state index is 0.223. The lowest BCUT2D eigenvalue weighted by atomic mass is 10.1. The molecule has 166 valence electrons. The summed E-state index contributed by atoms with van der Waals surface area (Å²) in [5, 5.41) is 4.22. The van der Waals surface area contributed by atoms with Crippen molar-refractivity contribution in [2.24, 2.45) is 0 Å². The molecule has 1 aliphatic rings. The Kier molecular flexibility index (Phi) is 5.14. The quantitative estimate of drug-likeness (QED) is 0.447. The number of methoxy groups -OCH3 is 1. The zero-order chi connectivity index (χ0) is 23.0. The first kappa shape index (κ1) is 20.8. The van der Waals surface area contributed by atoms with Gasteiger partial charge in [-0.05, 0) is 53.9 Å². The predicted molar refractivity (Wildman–Crippen MR) is 127 cm³/mol. The molecule has 0 fully saturated rings. The summed E-state index contributed by atoms with van der Waals surface area (Å²) in [5.41, 5.74) is 1.04. The van der Waals surface area contributed by atoms with E-state index in [2.05, 4.69) is 5.32 Å². The summed E-state index contributed by atoms with van der Waals surface area (Å²) in [5.74, 6) is 1.31. The smallest absolute Gasteiger partial charge is 0.265 e. The molecule has 0 bridgehead atoms. The van der Waals surface area contributed by atoms with Gasteiger partial charge in [0, 0.05) is 11.1 Å². The minimum atomic E-state index is -3.79. The van der Waals surface area contributed by atoms with Crippen molar-refractivity contribution in [3.8, 4) is 17.2 Å². The molecule has 33 heavy (non-hydrogen) atoms. The normalized spacial score (nSPS) is 13.7. The topological polar surface area (TPSA) is 84.9 Å². The van der Waals surface area contributed by atoms with Crippen LogP contribution in [0.15, 0.2) is 89.8 Å². The van der Waals surface area contributed by atoms with E-state index in [-0.39, 0.29) is 11.4 Å². The van der Waals surface area contributed by atoms with Gasteiger partial charge in [0.2, 0.25) is 5.91 Å². The van der Waals surface area contributed by atoms with Crippen LogP contribution in [0.2, 0.25) is 0 Å². The molecule has 0 saturated carbocycles. The van der Waals surface area contributed by atoms with Gasteiger partial charge in [0.05, 0.1) is 17.7 Å². The Hall–Kier alpha value is -4.04. The van der Waals surface area contributed by atoms with E-state index in [1.54, 1.807) is 67.8 Å². The molecule has 0 atom stereocenters. The van der Waals surface area contributed by atoms with Crippen LogP contribution in [0.4, 0.5) is 11.4 Å². The molecule has 4 aromatic carbocycles. The first-order chi connectivity index (χ1) is 16.0. The number of rotatable bonds is 6. The number of carbonyl (C=O) groups is 1. The van der Waals surface area contributed by atoms with Crippen LogP contribution in [0.25, 0.3) is 10.8 Å². The summed E-state index contributed by atoms with van der Waals surface area (Å²) >= 11 is 0. The van der Waals surface area contributed by atoms with Crippen molar-refractivity contribution in [2.45, 2.75) is 4.90 Å². The molecule has 0 saturated heterocycles. The molecule has 0 spiro atoms. The van der Waals surface area contributed by atoms with E-state index in [1.807, 2.05) is 24.3 Å². The standard InChI is InChI=1S/C25H20N2O5S/c1-31-21-9-2-3-10-22(21)32-19-14-12-18(13-15-19)26-24(28)16-27-20-8-4-6-17-7-5-11-23(25(17)20)33(27,29)30/h2-15H,16H2,1H3,(H,26,28). The van der Waals surface area contributed by atoms with Gasteiger partial charge >= 0.3 is 0 Å². The maximum absolute atomic E-state index is 13.0. The zero-order valence-corrected chi connectivity index (χ0v) is 18.5. The van der Waals surface area contributed by atoms with E-state index in [4.69, 9.17) is 9.47 Å². The average molecular weight is 461 g/mol. The minimum Gasteiger partial charge on any atom is -0.493 e. The molecule has 0 aliphatic carbocycles. The molecule has 7 nitrogen and oxygen atoms in total. The molecule has 1 N–H and O–H groups in total. The molecule has 0 radical (unpaired) electrons. The van der Waals surface area contributed by atoms with Crippen LogP contribution in [0.5, 0.6) is 17.2 Å². The molecule has 8 heteroatoms. The summed E-state index contributed by atoms with van der Waals surface area (Å²) in [4.78, 5) is 12.9. The maximum atomic E-state index is 13.0. The number of carbonyl (C=O) groups excluding carboxylic acids is 1. The van der Waals surface area contributed by atoms with Gasteiger partial charge in [0.1, 0.15) is 12.3 Å². The Bertz CT molecular complexity index is 1460. The van der Waals surface area contributed by atoms with E-state index in [0.29, 0.717) is 34.0 Å². The van der Waals surface area contributed by atoms with Gasteiger partial charge in [0.15, 0.2) is 11.5 Å². The number of para-hydroxylation sites is 2. The fourth-order valence-electron chi connectivity index (χ4n) is 3.90. The first-order valence-electron chi connectivity index (χ1n) is 10.2. The van der Waals surface area contributed by atoms with E-state index < -0.39 is 15.9 Å². The highest BCUT2D eigenvalue weighted by atomic mass is 32.2. The van der Waals surface area contributed by atoms with Gasteiger partial charge in [0.25, 0.3) is 10.0 Å². The monoisotopic (exact) mass is 460 g/mol. The fraction of sp³-hybridized carbons (Fsp3) is 0.0800. The Balaban J connectivity index is 1.31. The summed E-state index contributed by atoms with van der Waals surface area (Å²) in [6.45, 7) is -0.324. The lowest BCUT2D eigenvalue weighted by molar-refractivity contribution is -0.114. The number of hydrogen-bond donors (Lipinski definition) is 1. The summed E-state index contributed by atoms with van der Waals surface area (Å²) < 4.78 is 38.4. The number of nitrogens with zero attached hydrogens (tertiary/aromatic N) is 1. The van der Waals surface area contributed by atoms with Gasteiger partial charge in [-0.15, -0.1) is 0 Å². The van der Waals surface area contributed by atoms with Crippen LogP contribution >= 0.6 is 0 Å². The molecular weight excluding hydrogens is 440 g/mol. The van der Waals surface area contributed by atoms with Crippen molar-refractivity contribution in [1.29, 1.82) is 0 Å². The second-order valence-electron chi connectivity index (χ2n) is 7.47. The van der Waals surface area contributed by atoms with Gasteiger partial charge in [-0.2, -0.15) is 0 Å². The van der Waals surface area contributed by atoms with Crippen LogP contribution in [0.1, 0.15) is 0 Å². The van der Waals surface area contributed by atoms with E-state index >= 15 is 0 Å². The number of ether oxygens (including phenoxy) is 2. The largest absolute Gasteiger partial charge is 0.493 e. The predicted octanol–water partition coefficient (Wildman–Crippen LogP) is 4.79. The van der Waals surface area contributed by atoms with Crippen molar-refractivity contribution in [1.82, 2.24) is 0 Å². The third kappa shape index (κ3) is 3.74. The van der Waals surface area contributed by atoms with E-state index in [9.17, 15) is 13.2 Å². The van der Waals surface area contributed by atoms with Crippen molar-refractivity contribution in [2.75, 3.05) is 23.3 Å². The molecule has 4 aromatic rings. The van der Waals surface area contributed by atoms with Crippen molar-refractivity contribution < 1.29 is 22.7 Å². The number of hydrogen-bond acceptors (Lipinski definition) is 5. The Morgan fingerprint density at radius 3 is 2.30 bits per heavy atom. The van der Waals surface area contributed by atoms with Gasteiger partial charge in [-0.1, -0.05) is 36.4 Å². The second-order valence-corrected chi connectivity index (χ2v) is 9.30. The highest BCUT2D eigenvalue weighted by Gasteiger charge is 2.36. The zero-order valence-electron chi connectivity index (χ0n) is 17.7. The SMILES string of the molecule is COc1ccccc1Oc1ccc(NC(=O)CN2c3cccc4cccc(c34)S2(=O)=O)cc1. The molecule has 0 aromatic heterocycles. The van der Waals surface area contributed by atoms with Crippen molar-refractivity contribution in [3.63, 3.8) is 0 Å². The van der Waals surface area contributed by atoms with Crippen LogP contribution in [0.3, 0.4) is 0 Å². The van der Waals surface area contributed by atoms with Crippen LogP contribution < -0.4 is 19.1 Å². The Morgan fingerprint density at radius 2 is 1.58 bits per heavy atom. The van der Waals surface area contributed by atoms with E-state index in [1.165, 1.54) is 0 Å². The number of sulfonamides is 1. The molecular formula is C25H20N2O5S. The van der Waals surface area contributed by atoms with Gasteiger partial charge in [-0.3, -0.25) is 9.10 Å². The third-order valence-corrected chi connectivity index (χ3v) is 7.21. The Morgan fingerprint density at radius 1 is 0.879 bits per heavy atom. The molecule has 1 amide bonds. The van der Waals surface area contributed by atoms with E-state index in [0.717, 1.165) is 9.69 Å². The van der Waals surface area contributed by atoms with Gasteiger partial charge < -0.3 is 14.8 Å². The lowest BCUT2D eigenvalue weighted by Gasteiger charge is -2.18. The number of amides is 1. The highest BCUT2D eigenvalue weighted by Crippen LogP contribution is 2.41. The van der Waals surface area contributed by atoms with Crippen molar-refractivity contribution >= 4 is 38.1 Å². The van der Waals surface area contributed by atoms with Crippen LogP contribution in [0, 0.1) is 0 Å². The number of anilines is 2. The van der Waals surface area contributed by atoms with Crippen LogP contribution in [-0.2, 0) is 14.8 Å². The van der Waals surface area contributed by atoms with Crippen LogP contribution in [-0.4, -0.2) is 28.0 Å². The Labute approximate surface area is 191 Å². The molecule has 5 rings (SSSR count). The number of nitrogens with one attached hydrogen (secondary N) is 1. The van der Waals surface area contributed by atoms with Gasteiger partial charge in [-0.25, -0.2) is 8.42 Å². The van der Waals surface area contributed by atoms with Crippen molar-refractivity contribution in [3.05, 3.63) is 84.9 Å². The summed E-state index contributed by atoms with van der Waals surface area (Å²) in [6, 6.07) is 24.6. The summed E-state index contributed by atoms with van der Waals surface area (Å²) in [7, 11) is -2.22. The number of benzene rings is 4. The third-order valence-electron chi connectivity index (χ3n) is 5.40. The molecule has 1 heterocycles. The lowest BCUT2D eigenvalue weighted by Crippen LogP contribution is -2.35. The molecule has 1 aliphatic heterocycles. The fourth-order valence-corrected chi connectivity index (χ4v) is 5.56. The first-order valence-corrected chi connectivity index (χ1v) is 11.7. The summed E-state index contributed by atoms with van der Waals surface area (Å²) in [6.07, 6.45) is 0. The second kappa shape index (κ2) is 8.14. The maximum Gasteiger partial charge on any atom is 0.265 e. The highest BCUT2D eigenvalue weighted by molar-refractivity contribution is 7.93. The molecule has 0 unspecified atom stereocenters.